The summed E-state index contributed by atoms with van der Waals surface area (Å²) in [6, 6.07) is 8.63. The third-order valence-electron chi connectivity index (χ3n) is 5.90. The second-order valence-corrected chi connectivity index (χ2v) is 8.28. The molecule has 3 rings (SSSR count). The number of nitrogens with one attached hydrogen (secondary N) is 2. The Labute approximate surface area is 175 Å². The van der Waals surface area contributed by atoms with E-state index in [2.05, 4.69) is 58.9 Å². The van der Waals surface area contributed by atoms with Gasteiger partial charge in [0.25, 0.3) is 0 Å². The number of anilines is 1. The van der Waals surface area contributed by atoms with Crippen LogP contribution in [0, 0.1) is 5.41 Å². The summed E-state index contributed by atoms with van der Waals surface area (Å²) < 4.78 is 0. The van der Waals surface area contributed by atoms with E-state index in [4.69, 9.17) is 4.99 Å². The van der Waals surface area contributed by atoms with Gasteiger partial charge in [0.1, 0.15) is 0 Å². The fourth-order valence-electron chi connectivity index (χ4n) is 4.26. The highest BCUT2D eigenvalue weighted by Crippen LogP contribution is 2.38. The highest BCUT2D eigenvalue weighted by Gasteiger charge is 2.42. The Morgan fingerprint density at radius 3 is 2.34 bits per heavy atom. The van der Waals surface area contributed by atoms with Crippen molar-refractivity contribution in [2.75, 3.05) is 45.2 Å². The molecule has 1 heterocycles. The van der Waals surface area contributed by atoms with Gasteiger partial charge in [-0.25, -0.2) is 4.99 Å². The Hall–Kier alpha value is -2.50. The molecule has 2 aliphatic rings. The van der Waals surface area contributed by atoms with Gasteiger partial charge in [-0.3, -0.25) is 4.79 Å². The van der Waals surface area contributed by atoms with Crippen molar-refractivity contribution in [2.24, 2.45) is 10.4 Å². The molecule has 0 unspecified atom stereocenters. The number of amides is 1. The number of hydrogen-bond acceptors (Lipinski definition) is 3. The van der Waals surface area contributed by atoms with E-state index in [1.54, 1.807) is 4.90 Å². The number of benzene rings is 1. The van der Waals surface area contributed by atoms with Crippen LogP contribution >= 0.6 is 0 Å². The van der Waals surface area contributed by atoms with Crippen molar-refractivity contribution < 1.29 is 4.79 Å². The van der Waals surface area contributed by atoms with Crippen molar-refractivity contribution in [3.63, 3.8) is 0 Å². The van der Waals surface area contributed by atoms with Crippen LogP contribution in [0.3, 0.4) is 0 Å². The first kappa shape index (κ1) is 21.2. The summed E-state index contributed by atoms with van der Waals surface area (Å²) in [5, 5.41) is 6.76. The third kappa shape index (κ3) is 5.31. The lowest BCUT2D eigenvalue weighted by atomic mass is 9.84. The molecule has 2 N–H and O–H groups in total. The third-order valence-corrected chi connectivity index (χ3v) is 5.90. The summed E-state index contributed by atoms with van der Waals surface area (Å²) in [5.41, 5.74) is 2.13. The molecule has 6 heteroatoms. The van der Waals surface area contributed by atoms with Gasteiger partial charge in [-0.15, -0.1) is 0 Å². The van der Waals surface area contributed by atoms with Gasteiger partial charge in [-0.2, -0.15) is 0 Å². The van der Waals surface area contributed by atoms with Crippen LogP contribution in [0.4, 0.5) is 5.69 Å². The number of nitrogens with zero attached hydrogens (tertiary/aromatic N) is 3. The summed E-state index contributed by atoms with van der Waals surface area (Å²) in [6.07, 6.45) is 8.53. The van der Waals surface area contributed by atoms with Crippen molar-refractivity contribution in [1.29, 1.82) is 0 Å². The van der Waals surface area contributed by atoms with E-state index < -0.39 is 0 Å². The molecule has 1 saturated carbocycles. The first-order chi connectivity index (χ1) is 14.0. The molecule has 6 nitrogen and oxygen atoms in total. The molecule has 0 saturated heterocycles. The zero-order valence-corrected chi connectivity index (χ0v) is 18.1. The Bertz CT molecular complexity index is 724. The van der Waals surface area contributed by atoms with Gasteiger partial charge in [-0.05, 0) is 37.5 Å². The molecule has 0 aromatic heterocycles. The van der Waals surface area contributed by atoms with Gasteiger partial charge in [0.15, 0.2) is 5.96 Å². The quantitative estimate of drug-likeness (QED) is 0.422. The van der Waals surface area contributed by atoms with Crippen LogP contribution in [0.2, 0.25) is 0 Å². The number of carbonyl (C=O) groups is 1. The maximum atomic E-state index is 12.8. The highest BCUT2D eigenvalue weighted by molar-refractivity contribution is 5.85. The zero-order chi connectivity index (χ0) is 20.7. The summed E-state index contributed by atoms with van der Waals surface area (Å²) in [4.78, 5) is 21.6. The van der Waals surface area contributed by atoms with Crippen molar-refractivity contribution in [3.05, 3.63) is 42.0 Å². The average Bonchev–Trinajstić information content (AvgIpc) is 3.43. The Balaban J connectivity index is 1.61. The van der Waals surface area contributed by atoms with Gasteiger partial charge in [0, 0.05) is 46.0 Å². The van der Waals surface area contributed by atoms with Crippen LogP contribution in [-0.4, -0.2) is 57.0 Å². The van der Waals surface area contributed by atoms with E-state index in [1.807, 2.05) is 14.1 Å². The molecule has 1 amide bonds. The maximum absolute atomic E-state index is 12.8. The fraction of sp³-hybridized carbons (Fsp3) is 0.565. The Morgan fingerprint density at radius 2 is 1.76 bits per heavy atom. The normalized spacial score (nSPS) is 18.2. The predicted octanol–water partition coefficient (Wildman–Crippen LogP) is 2.77. The van der Waals surface area contributed by atoms with E-state index in [0.29, 0.717) is 13.1 Å². The van der Waals surface area contributed by atoms with E-state index in [1.165, 1.54) is 11.3 Å². The fourth-order valence-corrected chi connectivity index (χ4v) is 4.26. The second-order valence-electron chi connectivity index (χ2n) is 8.28. The molecule has 29 heavy (non-hydrogen) atoms. The van der Waals surface area contributed by atoms with E-state index in [9.17, 15) is 4.79 Å². The monoisotopic (exact) mass is 397 g/mol. The minimum Gasteiger partial charge on any atom is -0.364 e. The minimum absolute atomic E-state index is 0.227. The molecule has 0 bridgehead atoms. The van der Waals surface area contributed by atoms with Gasteiger partial charge in [0.05, 0.1) is 12.0 Å². The Morgan fingerprint density at radius 1 is 1.10 bits per heavy atom. The SMILES string of the molecule is CCNC(=NCc1ccc(N2CC=CC2)cc1)NCC1(C(=O)N(C)C)CCCC1. The number of guanidine groups is 1. The summed E-state index contributed by atoms with van der Waals surface area (Å²) in [6.45, 7) is 6.08. The first-order valence-corrected chi connectivity index (χ1v) is 10.8. The first-order valence-electron chi connectivity index (χ1n) is 10.8. The number of rotatable bonds is 7. The van der Waals surface area contributed by atoms with Crippen LogP contribution in [0.1, 0.15) is 38.2 Å². The van der Waals surface area contributed by atoms with Crippen molar-refractivity contribution >= 4 is 17.6 Å². The topological polar surface area (TPSA) is 60.0 Å². The van der Waals surface area contributed by atoms with Gasteiger partial charge in [0.2, 0.25) is 5.91 Å². The molecule has 1 aliphatic heterocycles. The van der Waals surface area contributed by atoms with Crippen LogP contribution < -0.4 is 15.5 Å². The lowest BCUT2D eigenvalue weighted by molar-refractivity contribution is -0.138. The largest absolute Gasteiger partial charge is 0.364 e. The standard InChI is InChI=1S/C23H35N5O/c1-4-24-22(26-18-23(13-5-6-14-23)21(29)27(2)3)25-17-19-9-11-20(12-10-19)28-15-7-8-16-28/h7-12H,4-6,13-18H2,1-3H3,(H2,24,25,26). The van der Waals surface area contributed by atoms with Crippen LogP contribution in [-0.2, 0) is 11.3 Å². The van der Waals surface area contributed by atoms with Gasteiger partial charge >= 0.3 is 0 Å². The molecule has 1 aromatic rings. The van der Waals surface area contributed by atoms with Crippen LogP contribution in [0.5, 0.6) is 0 Å². The van der Waals surface area contributed by atoms with Gasteiger partial charge < -0.3 is 20.4 Å². The zero-order valence-electron chi connectivity index (χ0n) is 18.1. The van der Waals surface area contributed by atoms with Crippen molar-refractivity contribution in [3.8, 4) is 0 Å². The molecule has 158 valence electrons. The van der Waals surface area contributed by atoms with Crippen LogP contribution in [0.15, 0.2) is 41.4 Å². The van der Waals surface area contributed by atoms with Crippen molar-refractivity contribution in [2.45, 2.75) is 39.2 Å². The lowest BCUT2D eigenvalue weighted by Crippen LogP contribution is -2.49. The molecule has 0 atom stereocenters. The Kier molecular flexibility index (Phi) is 7.18. The summed E-state index contributed by atoms with van der Waals surface area (Å²) in [7, 11) is 3.70. The lowest BCUT2D eigenvalue weighted by Gasteiger charge is -2.31. The van der Waals surface area contributed by atoms with Crippen LogP contribution in [0.25, 0.3) is 0 Å². The minimum atomic E-state index is -0.300. The van der Waals surface area contributed by atoms with E-state index in [0.717, 1.165) is 51.3 Å². The van der Waals surface area contributed by atoms with Crippen molar-refractivity contribution in [1.82, 2.24) is 15.5 Å². The second kappa shape index (κ2) is 9.81. The smallest absolute Gasteiger partial charge is 0.230 e. The molecular weight excluding hydrogens is 362 g/mol. The maximum Gasteiger partial charge on any atom is 0.230 e. The molecule has 0 radical (unpaired) electrons. The summed E-state index contributed by atoms with van der Waals surface area (Å²) >= 11 is 0. The molecular formula is C23H35N5O. The number of carbonyl (C=O) groups excluding carboxylic acids is 1. The van der Waals surface area contributed by atoms with E-state index in [-0.39, 0.29) is 11.3 Å². The average molecular weight is 398 g/mol. The van der Waals surface area contributed by atoms with Gasteiger partial charge in [-0.1, -0.05) is 37.1 Å². The van der Waals surface area contributed by atoms with E-state index >= 15 is 0 Å². The molecule has 0 spiro atoms. The summed E-state index contributed by atoms with van der Waals surface area (Å²) in [5.74, 6) is 1.00. The number of hydrogen-bond donors (Lipinski definition) is 2. The predicted molar refractivity (Wildman–Crippen MR) is 120 cm³/mol. The molecule has 1 aliphatic carbocycles. The number of aliphatic imine (C=N–C) groups is 1. The molecule has 1 fully saturated rings. The highest BCUT2D eigenvalue weighted by atomic mass is 16.2. The molecule has 1 aromatic carbocycles.